The molecule has 0 unspecified atom stereocenters. The Morgan fingerprint density at radius 3 is 2.45 bits per heavy atom. The number of amides is 1. The number of ether oxygens (including phenoxy) is 1. The quantitative estimate of drug-likeness (QED) is 0.306. The number of benzene rings is 1. The van der Waals surface area contributed by atoms with Gasteiger partial charge in [-0.3, -0.25) is 4.79 Å². The van der Waals surface area contributed by atoms with Crippen molar-refractivity contribution in [1.29, 1.82) is 0 Å². The van der Waals surface area contributed by atoms with E-state index in [9.17, 15) is 9.59 Å². The molecule has 4 heteroatoms. The fraction of sp³-hybridized carbons (Fsp3) is 0.517. The summed E-state index contributed by atoms with van der Waals surface area (Å²) < 4.78 is 4.99. The topological polar surface area (TPSA) is 55.4 Å². The molecule has 0 saturated carbocycles. The largest absolute Gasteiger partial charge is 0.463 e. The summed E-state index contributed by atoms with van der Waals surface area (Å²) in [4.78, 5) is 23.9. The van der Waals surface area contributed by atoms with E-state index in [-0.39, 0.29) is 22.7 Å². The predicted molar refractivity (Wildman–Crippen MR) is 136 cm³/mol. The SMILES string of the molecule is CCOC(=O)/C=C(C)/C=C/C=C1/CCCc2c1cc1c(c2NC(C)=O)C(C)(C)CCC1(C)C. The number of anilines is 1. The minimum atomic E-state index is -0.313. The number of hydrogen-bond donors (Lipinski definition) is 1. The van der Waals surface area contributed by atoms with Gasteiger partial charge in [-0.1, -0.05) is 52.0 Å². The second-order valence-electron chi connectivity index (χ2n) is 10.7. The molecule has 1 amide bonds. The maximum Gasteiger partial charge on any atom is 0.330 e. The van der Waals surface area contributed by atoms with E-state index in [4.69, 9.17) is 4.74 Å². The van der Waals surface area contributed by atoms with E-state index >= 15 is 0 Å². The normalized spacial score (nSPS) is 20.3. The number of esters is 1. The molecule has 0 aromatic heterocycles. The number of carbonyl (C=O) groups is 2. The van der Waals surface area contributed by atoms with E-state index in [1.807, 2.05) is 19.1 Å². The summed E-state index contributed by atoms with van der Waals surface area (Å²) >= 11 is 0. The Bertz CT molecular complexity index is 1040. The van der Waals surface area contributed by atoms with Gasteiger partial charge in [0, 0.05) is 18.7 Å². The lowest BCUT2D eigenvalue weighted by Gasteiger charge is -2.44. The predicted octanol–water partition coefficient (Wildman–Crippen LogP) is 6.78. The van der Waals surface area contributed by atoms with Gasteiger partial charge in [0.05, 0.1) is 6.61 Å². The molecule has 0 bridgehead atoms. The molecule has 33 heavy (non-hydrogen) atoms. The lowest BCUT2D eigenvalue weighted by Crippen LogP contribution is -2.36. The van der Waals surface area contributed by atoms with Gasteiger partial charge >= 0.3 is 5.97 Å². The van der Waals surface area contributed by atoms with Gasteiger partial charge in [0.15, 0.2) is 0 Å². The Morgan fingerprint density at radius 1 is 1.09 bits per heavy atom. The molecule has 0 heterocycles. The standard InChI is InChI=1S/C29H39NO3/c1-8-33-25(32)17-19(2)11-9-12-21-13-10-14-22-23(21)18-24-26(27(22)30-20(3)31)29(6,7)16-15-28(24,4)5/h9,11-12,17-18H,8,10,13-16H2,1-7H3,(H,30,31)/b11-9+,19-17+,21-12-. The van der Waals surface area contributed by atoms with Crippen molar-refractivity contribution in [3.8, 4) is 0 Å². The van der Waals surface area contributed by atoms with Gasteiger partial charge in [-0.2, -0.15) is 0 Å². The minimum Gasteiger partial charge on any atom is -0.463 e. The molecular formula is C29H39NO3. The summed E-state index contributed by atoms with van der Waals surface area (Å²) in [5, 5.41) is 3.24. The molecular weight excluding hydrogens is 410 g/mol. The van der Waals surface area contributed by atoms with E-state index in [1.165, 1.54) is 33.9 Å². The molecule has 1 N–H and O–H groups in total. The zero-order valence-corrected chi connectivity index (χ0v) is 21.4. The lowest BCUT2D eigenvalue weighted by atomic mass is 9.61. The van der Waals surface area contributed by atoms with Crippen LogP contribution in [0, 0.1) is 0 Å². The Kier molecular flexibility index (Phi) is 7.36. The van der Waals surface area contributed by atoms with Crippen LogP contribution in [0.3, 0.4) is 0 Å². The second kappa shape index (κ2) is 9.70. The Balaban J connectivity index is 2.11. The molecule has 4 nitrogen and oxygen atoms in total. The molecule has 0 saturated heterocycles. The zero-order valence-electron chi connectivity index (χ0n) is 21.4. The Morgan fingerprint density at radius 2 is 1.79 bits per heavy atom. The van der Waals surface area contributed by atoms with Gasteiger partial charge in [-0.15, -0.1) is 0 Å². The third-order valence-electron chi connectivity index (χ3n) is 7.02. The molecule has 2 aliphatic rings. The summed E-state index contributed by atoms with van der Waals surface area (Å²) in [5.41, 5.74) is 8.46. The number of carbonyl (C=O) groups excluding carboxylic acids is 2. The van der Waals surface area contributed by atoms with E-state index < -0.39 is 0 Å². The van der Waals surface area contributed by atoms with Crippen LogP contribution in [0.4, 0.5) is 5.69 Å². The fourth-order valence-corrected chi connectivity index (χ4v) is 5.20. The van der Waals surface area contributed by atoms with Crippen LogP contribution < -0.4 is 5.32 Å². The average molecular weight is 450 g/mol. The van der Waals surface area contributed by atoms with E-state index in [2.05, 4.69) is 45.2 Å². The third-order valence-corrected chi connectivity index (χ3v) is 7.02. The van der Waals surface area contributed by atoms with Gasteiger partial charge in [-0.25, -0.2) is 4.79 Å². The minimum absolute atomic E-state index is 0.0134. The van der Waals surface area contributed by atoms with Gasteiger partial charge in [0.2, 0.25) is 5.91 Å². The number of fused-ring (bicyclic) bond motifs is 2. The van der Waals surface area contributed by atoms with Crippen LogP contribution in [0.25, 0.3) is 5.57 Å². The van der Waals surface area contributed by atoms with Crippen molar-refractivity contribution < 1.29 is 14.3 Å². The highest BCUT2D eigenvalue weighted by atomic mass is 16.5. The summed E-state index contributed by atoms with van der Waals surface area (Å²) in [5.74, 6) is -0.327. The van der Waals surface area contributed by atoms with Crippen LogP contribution in [-0.4, -0.2) is 18.5 Å². The number of nitrogens with one attached hydrogen (secondary N) is 1. The summed E-state index contributed by atoms with van der Waals surface area (Å²) in [6.07, 6.45) is 12.9. The van der Waals surface area contributed by atoms with Crippen LogP contribution >= 0.6 is 0 Å². The fourth-order valence-electron chi connectivity index (χ4n) is 5.20. The van der Waals surface area contributed by atoms with E-state index in [1.54, 1.807) is 13.8 Å². The molecule has 0 fully saturated rings. The average Bonchev–Trinajstić information content (AvgIpc) is 2.71. The van der Waals surface area contributed by atoms with Crippen molar-refractivity contribution in [2.45, 2.75) is 91.4 Å². The van der Waals surface area contributed by atoms with Gasteiger partial charge in [0.1, 0.15) is 0 Å². The van der Waals surface area contributed by atoms with E-state index in [0.29, 0.717) is 6.61 Å². The van der Waals surface area contributed by atoms with Gasteiger partial charge in [0.25, 0.3) is 0 Å². The molecule has 0 atom stereocenters. The number of allylic oxidation sites excluding steroid dienone is 5. The highest BCUT2D eigenvalue weighted by Crippen LogP contribution is 2.52. The first kappa shape index (κ1) is 25.0. The molecule has 3 rings (SSSR count). The molecule has 1 aromatic carbocycles. The second-order valence-corrected chi connectivity index (χ2v) is 10.7. The molecule has 0 radical (unpaired) electrons. The van der Waals surface area contributed by atoms with Crippen LogP contribution in [0.5, 0.6) is 0 Å². The molecule has 2 aliphatic carbocycles. The number of rotatable bonds is 5. The van der Waals surface area contributed by atoms with Crippen LogP contribution in [-0.2, 0) is 31.6 Å². The van der Waals surface area contributed by atoms with Gasteiger partial charge < -0.3 is 10.1 Å². The maximum absolute atomic E-state index is 12.2. The van der Waals surface area contributed by atoms with Crippen LogP contribution in [0.1, 0.15) is 96.4 Å². The highest BCUT2D eigenvalue weighted by Gasteiger charge is 2.41. The van der Waals surface area contributed by atoms with Crippen molar-refractivity contribution in [2.75, 3.05) is 11.9 Å². The molecule has 1 aromatic rings. The summed E-state index contributed by atoms with van der Waals surface area (Å²) in [7, 11) is 0. The maximum atomic E-state index is 12.2. The zero-order chi connectivity index (χ0) is 24.4. The van der Waals surface area contributed by atoms with Crippen molar-refractivity contribution in [1.82, 2.24) is 0 Å². The van der Waals surface area contributed by atoms with Crippen molar-refractivity contribution >= 4 is 23.1 Å². The first-order valence-electron chi connectivity index (χ1n) is 12.2. The Hall–Kier alpha value is -2.62. The van der Waals surface area contributed by atoms with Crippen LogP contribution in [0.2, 0.25) is 0 Å². The van der Waals surface area contributed by atoms with Crippen LogP contribution in [0.15, 0.2) is 35.9 Å². The lowest BCUT2D eigenvalue weighted by molar-refractivity contribution is -0.137. The molecule has 178 valence electrons. The molecule has 0 spiro atoms. The molecule has 0 aliphatic heterocycles. The van der Waals surface area contributed by atoms with E-state index in [0.717, 1.165) is 43.4 Å². The summed E-state index contributed by atoms with van der Waals surface area (Å²) in [6, 6.07) is 2.40. The van der Waals surface area contributed by atoms with Crippen molar-refractivity contribution in [3.05, 3.63) is 58.2 Å². The monoisotopic (exact) mass is 449 g/mol. The summed E-state index contributed by atoms with van der Waals surface area (Å²) in [6.45, 7) is 14.9. The Labute approximate surface area is 199 Å². The first-order chi connectivity index (χ1) is 15.5. The van der Waals surface area contributed by atoms with Crippen molar-refractivity contribution in [3.63, 3.8) is 0 Å². The highest BCUT2D eigenvalue weighted by molar-refractivity contribution is 5.93. The van der Waals surface area contributed by atoms with Gasteiger partial charge in [-0.05, 0) is 90.2 Å². The smallest absolute Gasteiger partial charge is 0.330 e. The third kappa shape index (κ3) is 5.48. The number of hydrogen-bond acceptors (Lipinski definition) is 3. The first-order valence-corrected chi connectivity index (χ1v) is 12.2. The van der Waals surface area contributed by atoms with Crippen molar-refractivity contribution in [2.24, 2.45) is 0 Å².